The summed E-state index contributed by atoms with van der Waals surface area (Å²) in [5, 5.41) is 12.4. The van der Waals surface area contributed by atoms with Gasteiger partial charge in [0.2, 0.25) is 0 Å². The second kappa shape index (κ2) is 5.61. The highest BCUT2D eigenvalue weighted by Crippen LogP contribution is 2.26. The molecule has 19 heavy (non-hydrogen) atoms. The van der Waals surface area contributed by atoms with Crippen LogP contribution >= 0.6 is 11.6 Å². The van der Waals surface area contributed by atoms with Crippen molar-refractivity contribution in [2.24, 2.45) is 5.92 Å². The van der Waals surface area contributed by atoms with E-state index < -0.39 is 5.97 Å². The molecule has 0 heterocycles. The molecule has 1 aliphatic carbocycles. The fourth-order valence-corrected chi connectivity index (χ4v) is 2.71. The third-order valence-corrected chi connectivity index (χ3v) is 3.79. The number of nitrogens with one attached hydrogen (secondary N) is 1. The summed E-state index contributed by atoms with van der Waals surface area (Å²) in [7, 11) is 0. The average molecular weight is 282 g/mol. The smallest absolute Gasteiger partial charge is 0.306 e. The average Bonchev–Trinajstić information content (AvgIpc) is 2.77. The van der Waals surface area contributed by atoms with Gasteiger partial charge in [-0.15, -0.1) is 0 Å². The molecule has 0 unspecified atom stereocenters. The number of carboxylic acid groups (broad SMARTS) is 1. The van der Waals surface area contributed by atoms with Gasteiger partial charge in [-0.2, -0.15) is 0 Å². The van der Waals surface area contributed by atoms with Crippen molar-refractivity contribution >= 4 is 23.5 Å². The largest absolute Gasteiger partial charge is 0.481 e. The number of halogens is 1. The van der Waals surface area contributed by atoms with Crippen LogP contribution in [0.25, 0.3) is 0 Å². The van der Waals surface area contributed by atoms with Gasteiger partial charge in [-0.3, -0.25) is 9.59 Å². The lowest BCUT2D eigenvalue weighted by Gasteiger charge is -2.13. The molecular weight excluding hydrogens is 266 g/mol. The van der Waals surface area contributed by atoms with Crippen molar-refractivity contribution in [3.05, 3.63) is 34.3 Å². The van der Waals surface area contributed by atoms with Crippen LogP contribution in [0.2, 0.25) is 5.02 Å². The Bertz CT molecular complexity index is 515. The Labute approximate surface area is 116 Å². The maximum absolute atomic E-state index is 12.1. The van der Waals surface area contributed by atoms with Gasteiger partial charge >= 0.3 is 5.97 Å². The molecule has 0 spiro atoms. The minimum Gasteiger partial charge on any atom is -0.481 e. The van der Waals surface area contributed by atoms with Crippen molar-refractivity contribution in [1.82, 2.24) is 5.32 Å². The van der Waals surface area contributed by atoms with Gasteiger partial charge in [-0.25, -0.2) is 0 Å². The summed E-state index contributed by atoms with van der Waals surface area (Å²) < 4.78 is 0. The van der Waals surface area contributed by atoms with E-state index in [0.29, 0.717) is 23.4 Å². The number of benzene rings is 1. The van der Waals surface area contributed by atoms with Crippen LogP contribution in [0.5, 0.6) is 0 Å². The van der Waals surface area contributed by atoms with Crippen LogP contribution in [-0.4, -0.2) is 23.0 Å². The maximum Gasteiger partial charge on any atom is 0.306 e. The third kappa shape index (κ3) is 3.26. The molecule has 1 amide bonds. The van der Waals surface area contributed by atoms with Gasteiger partial charge in [0.25, 0.3) is 5.91 Å². The zero-order chi connectivity index (χ0) is 14.0. The first-order chi connectivity index (χ1) is 8.97. The van der Waals surface area contributed by atoms with E-state index in [1.807, 2.05) is 6.92 Å². The standard InChI is InChI=1S/C14H16ClNO3/c1-8-6-10(15)3-5-12(8)13(17)16-11-4-2-9(7-11)14(18)19/h3,5-6,9,11H,2,4,7H2,1H3,(H,16,17)(H,18,19)/t9-,11+/m1/s1. The van der Waals surface area contributed by atoms with Gasteiger partial charge in [0.15, 0.2) is 0 Å². The summed E-state index contributed by atoms with van der Waals surface area (Å²) in [4.78, 5) is 23.0. The molecule has 102 valence electrons. The van der Waals surface area contributed by atoms with Gasteiger partial charge in [-0.05, 0) is 49.9 Å². The van der Waals surface area contributed by atoms with Crippen LogP contribution in [0, 0.1) is 12.8 Å². The Kier molecular flexibility index (Phi) is 4.10. The first-order valence-corrected chi connectivity index (χ1v) is 6.65. The molecular formula is C14H16ClNO3. The number of rotatable bonds is 3. The molecule has 1 aromatic rings. The highest BCUT2D eigenvalue weighted by atomic mass is 35.5. The molecule has 0 aromatic heterocycles. The van der Waals surface area contributed by atoms with Crippen LogP contribution in [0.3, 0.4) is 0 Å². The Morgan fingerprint density at radius 3 is 2.68 bits per heavy atom. The van der Waals surface area contributed by atoms with Crippen molar-refractivity contribution in [3.63, 3.8) is 0 Å². The fourth-order valence-electron chi connectivity index (χ4n) is 2.48. The number of amides is 1. The van der Waals surface area contributed by atoms with Gasteiger partial charge in [0.1, 0.15) is 0 Å². The third-order valence-electron chi connectivity index (χ3n) is 3.55. The van der Waals surface area contributed by atoms with Crippen LogP contribution < -0.4 is 5.32 Å². The van der Waals surface area contributed by atoms with Crippen molar-refractivity contribution in [3.8, 4) is 0 Å². The number of carbonyl (C=O) groups is 2. The lowest BCUT2D eigenvalue weighted by atomic mass is 10.1. The van der Waals surface area contributed by atoms with E-state index in [1.165, 1.54) is 0 Å². The van der Waals surface area contributed by atoms with E-state index in [0.717, 1.165) is 12.0 Å². The minimum atomic E-state index is -0.778. The number of carboxylic acids is 1. The van der Waals surface area contributed by atoms with Gasteiger partial charge in [0.05, 0.1) is 5.92 Å². The first-order valence-electron chi connectivity index (χ1n) is 6.27. The molecule has 1 fully saturated rings. The topological polar surface area (TPSA) is 66.4 Å². The van der Waals surface area contributed by atoms with Crippen LogP contribution in [0.15, 0.2) is 18.2 Å². The zero-order valence-electron chi connectivity index (χ0n) is 10.6. The summed E-state index contributed by atoms with van der Waals surface area (Å²) in [6, 6.07) is 5.06. The van der Waals surface area contributed by atoms with E-state index in [2.05, 4.69) is 5.32 Å². The SMILES string of the molecule is Cc1cc(Cl)ccc1C(=O)N[C@H]1CC[C@@H](C(=O)O)C1. The second-order valence-electron chi connectivity index (χ2n) is 4.98. The zero-order valence-corrected chi connectivity index (χ0v) is 11.4. The van der Waals surface area contributed by atoms with Crippen molar-refractivity contribution < 1.29 is 14.7 Å². The minimum absolute atomic E-state index is 0.0521. The Morgan fingerprint density at radius 1 is 1.37 bits per heavy atom. The highest BCUT2D eigenvalue weighted by molar-refractivity contribution is 6.30. The molecule has 0 aliphatic heterocycles. The molecule has 1 aliphatic rings. The van der Waals surface area contributed by atoms with Gasteiger partial charge in [0, 0.05) is 16.6 Å². The summed E-state index contributed by atoms with van der Waals surface area (Å²) in [6.07, 6.45) is 1.85. The second-order valence-corrected chi connectivity index (χ2v) is 5.41. The molecule has 4 nitrogen and oxygen atoms in total. The summed E-state index contributed by atoms with van der Waals surface area (Å²) in [5.41, 5.74) is 1.40. The van der Waals surface area contributed by atoms with E-state index in [1.54, 1.807) is 18.2 Å². The Hall–Kier alpha value is -1.55. The summed E-state index contributed by atoms with van der Waals surface area (Å²) in [6.45, 7) is 1.83. The summed E-state index contributed by atoms with van der Waals surface area (Å²) >= 11 is 5.85. The van der Waals surface area contributed by atoms with E-state index in [-0.39, 0.29) is 17.9 Å². The van der Waals surface area contributed by atoms with E-state index >= 15 is 0 Å². The molecule has 0 saturated heterocycles. The Balaban J connectivity index is 2.00. The molecule has 2 atom stereocenters. The van der Waals surface area contributed by atoms with E-state index in [4.69, 9.17) is 16.7 Å². The Morgan fingerprint density at radius 2 is 2.11 bits per heavy atom. The number of aliphatic carboxylic acids is 1. The van der Waals surface area contributed by atoms with Crippen molar-refractivity contribution in [2.75, 3.05) is 0 Å². The summed E-state index contributed by atoms with van der Waals surface area (Å²) in [5.74, 6) is -1.28. The molecule has 0 radical (unpaired) electrons. The number of hydrogen-bond acceptors (Lipinski definition) is 2. The molecule has 0 bridgehead atoms. The molecule has 2 rings (SSSR count). The lowest BCUT2D eigenvalue weighted by Crippen LogP contribution is -2.33. The van der Waals surface area contributed by atoms with E-state index in [9.17, 15) is 9.59 Å². The first kappa shape index (κ1) is 13.9. The van der Waals surface area contributed by atoms with Crippen LogP contribution in [0.4, 0.5) is 0 Å². The van der Waals surface area contributed by atoms with Crippen LogP contribution in [-0.2, 0) is 4.79 Å². The maximum atomic E-state index is 12.1. The fraction of sp³-hybridized carbons (Fsp3) is 0.429. The lowest BCUT2D eigenvalue weighted by molar-refractivity contribution is -0.141. The normalized spacial score (nSPS) is 22.2. The van der Waals surface area contributed by atoms with Crippen LogP contribution in [0.1, 0.15) is 35.2 Å². The molecule has 1 aromatic carbocycles. The predicted molar refractivity (Wildman–Crippen MR) is 72.4 cm³/mol. The molecule has 2 N–H and O–H groups in total. The molecule has 1 saturated carbocycles. The number of hydrogen-bond donors (Lipinski definition) is 2. The van der Waals surface area contributed by atoms with Crippen molar-refractivity contribution in [2.45, 2.75) is 32.2 Å². The number of carbonyl (C=O) groups excluding carboxylic acids is 1. The predicted octanol–water partition coefficient (Wildman–Crippen LogP) is 2.63. The van der Waals surface area contributed by atoms with Gasteiger partial charge in [-0.1, -0.05) is 11.6 Å². The number of aryl methyl sites for hydroxylation is 1. The van der Waals surface area contributed by atoms with Gasteiger partial charge < -0.3 is 10.4 Å². The van der Waals surface area contributed by atoms with Crippen molar-refractivity contribution in [1.29, 1.82) is 0 Å². The molecule has 5 heteroatoms. The quantitative estimate of drug-likeness (QED) is 0.895. The monoisotopic (exact) mass is 281 g/mol. The highest BCUT2D eigenvalue weighted by Gasteiger charge is 2.30.